The molecule has 1 N–H and O–H groups in total. The third kappa shape index (κ3) is 3.84. The Labute approximate surface area is 121 Å². The number of hydrogen-bond acceptors (Lipinski definition) is 2. The van der Waals surface area contributed by atoms with Crippen molar-refractivity contribution in [2.24, 2.45) is 0 Å². The van der Waals surface area contributed by atoms with Crippen molar-refractivity contribution >= 4 is 5.97 Å². The standard InChI is InChI=1S/C8HF13O3/c9-1(2(10)5(13,14)15)4(11,12)7(18,19)8(20,21)24-6(16,17)3(22)23/h(H,22,23). The average Bonchev–Trinajstić information content (AvgIpc) is 2.33. The summed E-state index contributed by atoms with van der Waals surface area (Å²) in [6, 6.07) is 0. The third-order valence-electron chi connectivity index (χ3n) is 1.98. The Morgan fingerprint density at radius 3 is 1.42 bits per heavy atom. The van der Waals surface area contributed by atoms with Crippen molar-refractivity contribution in [1.29, 1.82) is 0 Å². The van der Waals surface area contributed by atoms with Crippen molar-refractivity contribution in [2.75, 3.05) is 0 Å². The van der Waals surface area contributed by atoms with Crippen LogP contribution < -0.4 is 0 Å². The predicted molar refractivity (Wildman–Crippen MR) is 43.8 cm³/mol. The van der Waals surface area contributed by atoms with E-state index in [-0.39, 0.29) is 0 Å². The van der Waals surface area contributed by atoms with Gasteiger partial charge in [0, 0.05) is 0 Å². The summed E-state index contributed by atoms with van der Waals surface area (Å²) in [6.45, 7) is 0. The lowest BCUT2D eigenvalue weighted by Gasteiger charge is -2.32. The van der Waals surface area contributed by atoms with Crippen LogP contribution in [0.15, 0.2) is 11.7 Å². The lowest BCUT2D eigenvalue weighted by atomic mass is 10.1. The molecule has 3 nitrogen and oxygen atoms in total. The van der Waals surface area contributed by atoms with Crippen LogP contribution in [0.3, 0.4) is 0 Å². The highest BCUT2D eigenvalue weighted by Crippen LogP contribution is 2.53. The van der Waals surface area contributed by atoms with Crippen molar-refractivity contribution in [2.45, 2.75) is 30.2 Å². The molecule has 24 heavy (non-hydrogen) atoms. The second-order valence-electron chi connectivity index (χ2n) is 3.72. The van der Waals surface area contributed by atoms with Crippen molar-refractivity contribution in [3.63, 3.8) is 0 Å². The molecular weight excluding hydrogens is 391 g/mol. The normalized spacial score (nSPS) is 16.0. The number of hydrogen-bond donors (Lipinski definition) is 1. The van der Waals surface area contributed by atoms with E-state index in [0.717, 1.165) is 0 Å². The number of allylic oxidation sites excluding steroid dienone is 2. The molecule has 142 valence electrons. The first-order valence-corrected chi connectivity index (χ1v) is 4.79. The fourth-order valence-corrected chi connectivity index (χ4v) is 0.852. The number of rotatable bonds is 6. The summed E-state index contributed by atoms with van der Waals surface area (Å²) in [5, 5.41) is 7.64. The van der Waals surface area contributed by atoms with Crippen molar-refractivity contribution in [1.82, 2.24) is 0 Å². The van der Waals surface area contributed by atoms with Crippen molar-refractivity contribution in [3.05, 3.63) is 11.7 Å². The van der Waals surface area contributed by atoms with E-state index < -0.39 is 47.9 Å². The van der Waals surface area contributed by atoms with Crippen molar-refractivity contribution in [3.8, 4) is 0 Å². The van der Waals surface area contributed by atoms with E-state index in [2.05, 4.69) is 0 Å². The van der Waals surface area contributed by atoms with Crippen LogP contribution >= 0.6 is 0 Å². The molecule has 0 saturated heterocycles. The molecule has 0 fully saturated rings. The molecule has 0 saturated carbocycles. The van der Waals surface area contributed by atoms with Crippen LogP contribution in [0.2, 0.25) is 0 Å². The van der Waals surface area contributed by atoms with Crippen LogP contribution in [0.4, 0.5) is 57.1 Å². The van der Waals surface area contributed by atoms with Gasteiger partial charge in [-0.25, -0.2) is 13.9 Å². The van der Waals surface area contributed by atoms with Gasteiger partial charge in [-0.05, 0) is 0 Å². The molecule has 0 aliphatic heterocycles. The van der Waals surface area contributed by atoms with Gasteiger partial charge < -0.3 is 5.11 Å². The number of aliphatic carboxylic acids is 1. The van der Waals surface area contributed by atoms with Gasteiger partial charge in [0.1, 0.15) is 0 Å². The lowest BCUT2D eigenvalue weighted by Crippen LogP contribution is -2.58. The Balaban J connectivity index is 6.07. The maximum atomic E-state index is 12.8. The summed E-state index contributed by atoms with van der Waals surface area (Å²) < 4.78 is 162. The molecule has 16 heteroatoms. The van der Waals surface area contributed by atoms with Gasteiger partial charge in [0.25, 0.3) is 0 Å². The third-order valence-corrected chi connectivity index (χ3v) is 1.98. The summed E-state index contributed by atoms with van der Waals surface area (Å²) in [7, 11) is 0. The van der Waals surface area contributed by atoms with E-state index >= 15 is 0 Å². The first kappa shape index (κ1) is 22.3. The first-order valence-electron chi connectivity index (χ1n) is 4.79. The van der Waals surface area contributed by atoms with Crippen LogP contribution in [0.25, 0.3) is 0 Å². The smallest absolute Gasteiger partial charge is 0.460 e. The van der Waals surface area contributed by atoms with Gasteiger partial charge in [-0.15, -0.1) is 0 Å². The van der Waals surface area contributed by atoms with Crippen LogP contribution in [-0.4, -0.2) is 41.3 Å². The molecule has 0 aromatic carbocycles. The fraction of sp³-hybridized carbons (Fsp3) is 0.625. The monoisotopic (exact) mass is 392 g/mol. The molecule has 0 radical (unpaired) electrons. The van der Waals surface area contributed by atoms with Gasteiger partial charge >= 0.3 is 36.2 Å². The molecule has 0 amide bonds. The van der Waals surface area contributed by atoms with E-state index in [0.29, 0.717) is 0 Å². The molecule has 0 aromatic rings. The van der Waals surface area contributed by atoms with Crippen molar-refractivity contribution < 1.29 is 71.7 Å². The largest absolute Gasteiger partial charge is 0.475 e. The number of halogens is 13. The predicted octanol–water partition coefficient (Wildman–Crippen LogP) is 4.26. The molecule has 0 aliphatic rings. The van der Waals surface area contributed by atoms with E-state index in [4.69, 9.17) is 5.11 Å². The molecule has 0 atom stereocenters. The second kappa shape index (κ2) is 5.96. The van der Waals surface area contributed by atoms with Crippen LogP contribution in [-0.2, 0) is 9.53 Å². The van der Waals surface area contributed by atoms with Gasteiger partial charge in [0.2, 0.25) is 11.7 Å². The Morgan fingerprint density at radius 1 is 0.750 bits per heavy atom. The summed E-state index contributed by atoms with van der Waals surface area (Å²) in [6.07, 6.45) is -20.1. The number of carbonyl (C=O) groups is 1. The van der Waals surface area contributed by atoms with E-state index in [1.54, 1.807) is 4.74 Å². The molecule has 0 bridgehead atoms. The van der Waals surface area contributed by atoms with Gasteiger partial charge in [0.15, 0.2) is 0 Å². The zero-order valence-electron chi connectivity index (χ0n) is 10.2. The first-order chi connectivity index (χ1) is 10.2. The molecule has 0 aromatic heterocycles. The summed E-state index contributed by atoms with van der Waals surface area (Å²) in [5.74, 6) is -27.9. The molecule has 0 rings (SSSR count). The maximum absolute atomic E-state index is 12.8. The van der Waals surface area contributed by atoms with Crippen LogP contribution in [0.1, 0.15) is 0 Å². The van der Waals surface area contributed by atoms with Gasteiger partial charge in [-0.1, -0.05) is 0 Å². The second-order valence-corrected chi connectivity index (χ2v) is 3.72. The van der Waals surface area contributed by atoms with Gasteiger partial charge in [-0.3, -0.25) is 0 Å². The number of alkyl halides is 11. The molecule has 0 unspecified atom stereocenters. The van der Waals surface area contributed by atoms with Crippen LogP contribution in [0.5, 0.6) is 0 Å². The Hall–Kier alpha value is -1.74. The topological polar surface area (TPSA) is 46.5 Å². The average molecular weight is 392 g/mol. The zero-order valence-corrected chi connectivity index (χ0v) is 10.2. The highest BCUT2D eigenvalue weighted by atomic mass is 19.4. The molecule has 0 aliphatic carbocycles. The highest BCUT2D eigenvalue weighted by molar-refractivity contribution is 5.73. The number of ether oxygens (including phenoxy) is 1. The summed E-state index contributed by atoms with van der Waals surface area (Å²) in [4.78, 5) is 9.72. The quantitative estimate of drug-likeness (QED) is 0.688. The van der Waals surface area contributed by atoms with E-state index in [9.17, 15) is 61.9 Å². The number of carboxylic acids is 1. The molecular formula is C8HF13O3. The van der Waals surface area contributed by atoms with E-state index in [1.165, 1.54) is 0 Å². The SMILES string of the molecule is O=C(O)C(F)(F)OC(F)(F)C(F)(F)C(F)(F)C(F)=C(F)C(F)(F)F. The summed E-state index contributed by atoms with van der Waals surface area (Å²) >= 11 is 0. The fourth-order valence-electron chi connectivity index (χ4n) is 0.852. The lowest BCUT2D eigenvalue weighted by molar-refractivity contribution is -0.446. The zero-order chi connectivity index (χ0) is 19.9. The Morgan fingerprint density at radius 2 is 1.12 bits per heavy atom. The summed E-state index contributed by atoms with van der Waals surface area (Å²) in [5.41, 5.74) is 0. The highest BCUT2D eigenvalue weighted by Gasteiger charge is 2.78. The minimum absolute atomic E-state index is 1.66. The van der Waals surface area contributed by atoms with Crippen LogP contribution in [0, 0.1) is 0 Å². The van der Waals surface area contributed by atoms with E-state index in [1.807, 2.05) is 0 Å². The minimum Gasteiger partial charge on any atom is -0.475 e. The Kier molecular flexibility index (Phi) is 5.53. The van der Waals surface area contributed by atoms with Gasteiger partial charge in [0.05, 0.1) is 0 Å². The molecule has 0 heterocycles. The minimum atomic E-state index is -7.55. The Bertz CT molecular complexity index is 532. The van der Waals surface area contributed by atoms with Gasteiger partial charge in [-0.2, -0.15) is 52.7 Å². The molecule has 0 spiro atoms. The number of carboxylic acid groups (broad SMARTS) is 1. The maximum Gasteiger partial charge on any atom is 0.460 e.